The van der Waals surface area contributed by atoms with Gasteiger partial charge in [0, 0.05) is 77.6 Å². The Morgan fingerprint density at radius 2 is 1.50 bits per heavy atom. The summed E-state index contributed by atoms with van der Waals surface area (Å²) in [4.78, 5) is 140. The second-order valence-electron chi connectivity index (χ2n) is 25.3. The molecule has 0 spiro atoms. The van der Waals surface area contributed by atoms with Crippen LogP contribution in [-0.2, 0) is 44.7 Å². The molecular weight excluding hydrogens is 1200 g/mol. The van der Waals surface area contributed by atoms with Crippen molar-refractivity contribution in [2.75, 3.05) is 31.5 Å². The lowest BCUT2D eigenvalue weighted by Crippen LogP contribution is -2.63. The van der Waals surface area contributed by atoms with E-state index >= 15 is 0 Å². The first-order valence-electron chi connectivity index (χ1n) is 32.0. The smallest absolute Gasteiger partial charge is 0.336 e. The van der Waals surface area contributed by atoms with Crippen LogP contribution in [0.4, 0.5) is 5.69 Å². The summed E-state index contributed by atoms with van der Waals surface area (Å²) in [6.45, 7) is 6.25. The number of aromatic carboxylic acids is 1. The van der Waals surface area contributed by atoms with E-state index in [0.29, 0.717) is 53.8 Å². The number of piperidine rings is 1. The topological polar surface area (TPSA) is 348 Å². The summed E-state index contributed by atoms with van der Waals surface area (Å²) < 4.78 is 12.3. The number of carbonyl (C=O) groups excluding carboxylic acids is 8. The van der Waals surface area contributed by atoms with E-state index < -0.39 is 84.2 Å². The van der Waals surface area contributed by atoms with Gasteiger partial charge < -0.3 is 57.0 Å². The van der Waals surface area contributed by atoms with Crippen LogP contribution >= 0.6 is 0 Å². The number of aromatic nitrogens is 1. The zero-order chi connectivity index (χ0) is 67.1. The Morgan fingerprint density at radius 1 is 0.755 bits per heavy atom. The van der Waals surface area contributed by atoms with E-state index in [1.807, 2.05) is 63.2 Å². The van der Waals surface area contributed by atoms with Crippen molar-refractivity contribution >= 4 is 80.8 Å². The second kappa shape index (κ2) is 31.5. The van der Waals surface area contributed by atoms with E-state index in [1.54, 1.807) is 24.3 Å². The predicted octanol–water partition coefficient (Wildman–Crippen LogP) is 7.53. The number of nitrogens with one attached hydrogen (secondary N) is 6. The van der Waals surface area contributed by atoms with Gasteiger partial charge in [-0.1, -0.05) is 86.3 Å². The third-order valence-corrected chi connectivity index (χ3v) is 17.1. The molecule has 4 aromatic carbocycles. The average molecular weight is 1280 g/mol. The molecule has 23 heteroatoms. The summed E-state index contributed by atoms with van der Waals surface area (Å²) in [5.41, 5.74) is 7.51. The minimum absolute atomic E-state index is 0.0172. The molecule has 2 aliphatic carbocycles. The summed E-state index contributed by atoms with van der Waals surface area (Å²) in [7, 11) is 0. The number of phenolic OH excluding ortho intramolecular Hbond substituents is 1. The number of unbranched alkanes of at least 4 members (excludes halogenated alkanes) is 2. The van der Waals surface area contributed by atoms with E-state index in [1.165, 1.54) is 54.6 Å². The van der Waals surface area contributed by atoms with Crippen LogP contribution in [0.15, 0.2) is 131 Å². The molecule has 7 amide bonds. The molecule has 9 rings (SSSR count). The van der Waals surface area contributed by atoms with Gasteiger partial charge in [-0.2, -0.15) is 0 Å². The van der Waals surface area contributed by atoms with Crippen LogP contribution in [0, 0.1) is 11.8 Å². The molecule has 23 nitrogen and oxygen atoms in total. The quantitative estimate of drug-likeness (QED) is 0.0130. The second-order valence-corrected chi connectivity index (χ2v) is 25.3. The Hall–Kier alpha value is -10.0. The van der Waals surface area contributed by atoms with Gasteiger partial charge in [0.05, 0.1) is 36.1 Å². The Morgan fingerprint density at radius 3 is 2.27 bits per heavy atom. The highest BCUT2D eigenvalue weighted by Gasteiger charge is 2.45. The van der Waals surface area contributed by atoms with Crippen LogP contribution in [0.25, 0.3) is 44.3 Å². The number of amides is 7. The van der Waals surface area contributed by atoms with E-state index in [4.69, 9.17) is 14.9 Å². The van der Waals surface area contributed by atoms with Gasteiger partial charge in [-0.05, 0) is 137 Å². The SMILES string of the molecule is CC(C)(C)NC(=O)[C@@H]1C2CCCCC2CCN1C[C@@H](OC(=O)CCCCCNC(=O)CCCC(=O)NCC(=O)Nc1ccc(-c2c3ccc(=O)cc-3oc3cc(O)ccc23)c(C(=O)O)c1)[C@H](Cc1ccccc1)NC(=O)[C@H](CC(N)=O)NC(=O)c1ccc2ccccc2n1. The van der Waals surface area contributed by atoms with Gasteiger partial charge in [0.1, 0.15) is 34.9 Å². The monoisotopic (exact) mass is 1280 g/mol. The highest BCUT2D eigenvalue weighted by molar-refractivity contribution is 6.09. The molecule has 1 saturated heterocycles. The van der Waals surface area contributed by atoms with Crippen molar-refractivity contribution in [1.82, 2.24) is 36.5 Å². The maximum Gasteiger partial charge on any atom is 0.336 e. The lowest BCUT2D eigenvalue weighted by molar-refractivity contribution is -0.155. The third-order valence-electron chi connectivity index (χ3n) is 17.1. The zero-order valence-electron chi connectivity index (χ0n) is 53.0. The number of nitrogens with two attached hydrogens (primary N) is 1. The number of carboxylic acids is 1. The lowest BCUT2D eigenvalue weighted by atomic mass is 9.70. The van der Waals surface area contributed by atoms with Gasteiger partial charge in [0.25, 0.3) is 5.91 Å². The summed E-state index contributed by atoms with van der Waals surface area (Å²) in [5.74, 6) is -5.24. The van der Waals surface area contributed by atoms with Crippen LogP contribution in [0.5, 0.6) is 5.75 Å². The molecule has 1 saturated carbocycles. The summed E-state index contributed by atoms with van der Waals surface area (Å²) >= 11 is 0. The molecule has 5 aromatic rings. The first-order chi connectivity index (χ1) is 45.0. The van der Waals surface area contributed by atoms with Gasteiger partial charge in [-0.25, -0.2) is 9.78 Å². The van der Waals surface area contributed by atoms with E-state index in [2.05, 4.69) is 41.8 Å². The number of nitrogens with zero attached hydrogens (tertiary/aromatic N) is 2. The molecule has 0 radical (unpaired) electrons. The average Bonchev–Trinajstić information content (AvgIpc) is 0.755. The predicted molar refractivity (Wildman–Crippen MR) is 352 cm³/mol. The maximum absolute atomic E-state index is 14.6. The number of hydrogen-bond acceptors (Lipinski definition) is 15. The van der Waals surface area contributed by atoms with Gasteiger partial charge in [0.15, 0.2) is 5.43 Å². The van der Waals surface area contributed by atoms with Crippen LogP contribution < -0.4 is 43.1 Å². The number of likely N-dealkylation sites (tertiary alicyclic amines) is 1. The molecule has 494 valence electrons. The largest absolute Gasteiger partial charge is 0.508 e. The number of fused-ring (bicyclic) bond motifs is 4. The normalized spacial score (nSPS) is 16.6. The highest BCUT2D eigenvalue weighted by Crippen LogP contribution is 2.43. The number of phenols is 1. The van der Waals surface area contributed by atoms with Gasteiger partial charge in [-0.15, -0.1) is 0 Å². The van der Waals surface area contributed by atoms with Crippen LogP contribution in [0.3, 0.4) is 0 Å². The number of carboxylic acid groups (broad SMARTS) is 1. The van der Waals surface area contributed by atoms with Gasteiger partial charge >= 0.3 is 11.9 Å². The third kappa shape index (κ3) is 18.6. The number of hydrogen-bond donors (Lipinski definition) is 9. The van der Waals surface area contributed by atoms with Crippen LogP contribution in [0.1, 0.15) is 131 Å². The molecule has 2 fully saturated rings. The standard InChI is InChI=1S/C71H81N9O14/c1-71(2,3)79-69(90)66-48-19-11-9-17-43(48)32-34-80(66)41-59(55(35-42-15-6-4-7-16-42)77-68(89)56(39-60(72)83)78-67(88)54-31-24-44-18-10-12-20-53(44)76-54)94-64(87)23-8-5-13-33-73-61(84)21-14-22-62(85)74-40-63(86)75-45-25-28-49(52(36-45)70(91)92)65-50-29-26-46(81)37-57(50)93-58-38-47(82)27-30-51(58)65/h4,6-7,10,12,15-16,18,20,24-31,36-38,43,48,55-56,59,66,81H,5,8-9,11,13-14,17,19,21-23,32-35,39-41H2,1-3H3,(H2,72,83)(H,73,84)(H,74,85)(H,75,86)(H,77,89)(H,78,88)(H,79,90)(H,91,92)/t43?,48?,55-,56-,59+,66-/m0/s1. The molecule has 10 N–H and O–H groups in total. The molecule has 0 bridgehead atoms. The number of ether oxygens (including phenoxy) is 1. The van der Waals surface area contributed by atoms with E-state index in [-0.39, 0.29) is 108 Å². The number of para-hydroxylation sites is 1. The first-order valence-corrected chi connectivity index (χ1v) is 32.0. The number of aromatic hydroxyl groups is 1. The fraction of sp³-hybridized carbons (Fsp3) is 0.394. The van der Waals surface area contributed by atoms with Crippen molar-refractivity contribution < 1.29 is 62.5 Å². The zero-order valence-corrected chi connectivity index (χ0v) is 53.0. The van der Waals surface area contributed by atoms with Crippen LogP contribution in [0.2, 0.25) is 0 Å². The Balaban J connectivity index is 0.782. The molecule has 1 aromatic heterocycles. The first kappa shape index (κ1) is 68.3. The summed E-state index contributed by atoms with van der Waals surface area (Å²) in [6, 6.07) is 29.6. The number of carbonyl (C=O) groups is 9. The van der Waals surface area contributed by atoms with E-state index in [0.717, 1.165) is 43.1 Å². The maximum atomic E-state index is 14.6. The molecular formula is C71H81N9O14. The van der Waals surface area contributed by atoms with Crippen molar-refractivity contribution in [2.24, 2.45) is 17.6 Å². The van der Waals surface area contributed by atoms with Crippen molar-refractivity contribution in [3.8, 4) is 28.2 Å². The molecule has 6 atom stereocenters. The van der Waals surface area contributed by atoms with Crippen molar-refractivity contribution in [3.05, 3.63) is 148 Å². The molecule has 2 aliphatic heterocycles. The molecule has 2 unspecified atom stereocenters. The highest BCUT2D eigenvalue weighted by atomic mass is 16.5. The number of anilines is 1. The Kier molecular flexibility index (Phi) is 22.9. The van der Waals surface area contributed by atoms with Crippen molar-refractivity contribution in [2.45, 2.75) is 140 Å². The minimum atomic E-state index is -1.44. The van der Waals surface area contributed by atoms with Crippen LogP contribution in [-0.4, -0.2) is 129 Å². The Bertz CT molecular complexity index is 3960. The van der Waals surface area contributed by atoms with Gasteiger partial charge in [-0.3, -0.25) is 48.1 Å². The number of primary amides is 1. The molecule has 4 aliphatic rings. The van der Waals surface area contributed by atoms with Crippen molar-refractivity contribution in [3.63, 3.8) is 0 Å². The molecule has 94 heavy (non-hydrogen) atoms. The van der Waals surface area contributed by atoms with Crippen molar-refractivity contribution in [1.29, 1.82) is 0 Å². The van der Waals surface area contributed by atoms with E-state index in [9.17, 15) is 58.2 Å². The number of esters is 1. The molecule has 3 heterocycles. The Labute approximate surface area is 543 Å². The minimum Gasteiger partial charge on any atom is -0.508 e. The fourth-order valence-corrected chi connectivity index (χ4v) is 12.7. The van der Waals surface area contributed by atoms with Gasteiger partial charge in [0.2, 0.25) is 35.4 Å². The number of pyridine rings is 1. The summed E-state index contributed by atoms with van der Waals surface area (Å²) in [6.07, 6.45) is 4.85. The lowest BCUT2D eigenvalue weighted by Gasteiger charge is -2.48. The fourth-order valence-electron chi connectivity index (χ4n) is 12.7. The summed E-state index contributed by atoms with van der Waals surface area (Å²) in [5, 5.41) is 38.6. The number of benzene rings is 5. The number of rotatable bonds is 28.